The number of likely N-dealkylation sites (tertiary alicyclic amines) is 1. The van der Waals surface area contributed by atoms with Crippen LogP contribution in [0.2, 0.25) is 0 Å². The third-order valence-electron chi connectivity index (χ3n) is 3.45. The van der Waals surface area contributed by atoms with Crippen molar-refractivity contribution in [2.45, 2.75) is 32.2 Å². The van der Waals surface area contributed by atoms with Crippen molar-refractivity contribution in [1.82, 2.24) is 4.90 Å². The topological polar surface area (TPSA) is 38.5 Å². The normalized spacial score (nSPS) is 17.7. The minimum atomic E-state index is 0.835. The first kappa shape index (κ1) is 12.2. The van der Waals surface area contributed by atoms with E-state index in [-0.39, 0.29) is 0 Å². The van der Waals surface area contributed by atoms with E-state index >= 15 is 0 Å². The molecule has 0 amide bonds. The van der Waals surface area contributed by atoms with Gasteiger partial charge in [-0.2, -0.15) is 0 Å². The molecule has 1 aromatic rings. The molecule has 0 aliphatic carbocycles. The van der Waals surface area contributed by atoms with Crippen LogP contribution in [0.15, 0.2) is 18.2 Å². The summed E-state index contributed by atoms with van der Waals surface area (Å²) >= 11 is 0. The fourth-order valence-electron chi connectivity index (χ4n) is 2.38. The van der Waals surface area contributed by atoms with Gasteiger partial charge in [0.1, 0.15) is 5.75 Å². The Balaban J connectivity index is 2.01. The van der Waals surface area contributed by atoms with Gasteiger partial charge in [0.05, 0.1) is 7.11 Å². The van der Waals surface area contributed by atoms with Crippen molar-refractivity contribution >= 4 is 5.69 Å². The average Bonchev–Trinajstić information content (AvgIpc) is 2.60. The number of nitrogens with zero attached hydrogens (tertiary/aromatic N) is 1. The first-order chi connectivity index (χ1) is 8.29. The molecule has 1 aliphatic heterocycles. The van der Waals surface area contributed by atoms with Gasteiger partial charge in [0.15, 0.2) is 0 Å². The van der Waals surface area contributed by atoms with E-state index in [9.17, 15) is 0 Å². The Morgan fingerprint density at radius 2 is 1.88 bits per heavy atom. The van der Waals surface area contributed by atoms with Crippen molar-refractivity contribution in [3.8, 4) is 5.75 Å². The van der Waals surface area contributed by atoms with Gasteiger partial charge in [-0.25, -0.2) is 0 Å². The van der Waals surface area contributed by atoms with Crippen LogP contribution in [0.1, 0.15) is 31.2 Å². The van der Waals surface area contributed by atoms with Crippen molar-refractivity contribution in [2.75, 3.05) is 25.9 Å². The van der Waals surface area contributed by atoms with E-state index in [0.29, 0.717) is 0 Å². The number of hydrogen-bond acceptors (Lipinski definition) is 3. The zero-order valence-corrected chi connectivity index (χ0v) is 10.6. The SMILES string of the molecule is COc1ccc(CN2CCCCCC2)c(N)c1. The second-order valence-corrected chi connectivity index (χ2v) is 4.76. The summed E-state index contributed by atoms with van der Waals surface area (Å²) in [5, 5.41) is 0. The molecule has 3 nitrogen and oxygen atoms in total. The average molecular weight is 234 g/mol. The molecule has 0 unspecified atom stereocenters. The number of benzene rings is 1. The van der Waals surface area contributed by atoms with Crippen molar-refractivity contribution in [1.29, 1.82) is 0 Å². The molecule has 1 saturated heterocycles. The van der Waals surface area contributed by atoms with Crippen LogP contribution < -0.4 is 10.5 Å². The molecule has 1 heterocycles. The minimum absolute atomic E-state index is 0.835. The van der Waals surface area contributed by atoms with Gasteiger partial charge in [0.25, 0.3) is 0 Å². The van der Waals surface area contributed by atoms with Crippen LogP contribution >= 0.6 is 0 Å². The maximum absolute atomic E-state index is 6.05. The van der Waals surface area contributed by atoms with Crippen molar-refractivity contribution < 1.29 is 4.74 Å². The Hall–Kier alpha value is -1.22. The summed E-state index contributed by atoms with van der Waals surface area (Å²) in [5.41, 5.74) is 8.10. The maximum Gasteiger partial charge on any atom is 0.120 e. The number of rotatable bonds is 3. The molecule has 0 radical (unpaired) electrons. The Bertz CT molecular complexity index is 357. The third-order valence-corrected chi connectivity index (χ3v) is 3.45. The molecule has 17 heavy (non-hydrogen) atoms. The fourth-order valence-corrected chi connectivity index (χ4v) is 2.38. The zero-order valence-electron chi connectivity index (χ0n) is 10.6. The van der Waals surface area contributed by atoms with Crippen LogP contribution in [0.3, 0.4) is 0 Å². The van der Waals surface area contributed by atoms with Gasteiger partial charge in [0, 0.05) is 18.3 Å². The van der Waals surface area contributed by atoms with Gasteiger partial charge < -0.3 is 10.5 Å². The van der Waals surface area contributed by atoms with Gasteiger partial charge in [0.2, 0.25) is 0 Å². The molecule has 1 fully saturated rings. The van der Waals surface area contributed by atoms with E-state index in [2.05, 4.69) is 11.0 Å². The van der Waals surface area contributed by atoms with E-state index in [1.165, 1.54) is 44.3 Å². The predicted molar refractivity (Wildman–Crippen MR) is 71.2 cm³/mol. The molecule has 0 atom stereocenters. The largest absolute Gasteiger partial charge is 0.497 e. The number of methoxy groups -OCH3 is 1. The zero-order chi connectivity index (χ0) is 12.1. The summed E-state index contributed by atoms with van der Waals surface area (Å²) in [4.78, 5) is 2.51. The predicted octanol–water partition coefficient (Wildman–Crippen LogP) is 2.65. The van der Waals surface area contributed by atoms with Gasteiger partial charge in [-0.15, -0.1) is 0 Å². The van der Waals surface area contributed by atoms with E-state index in [0.717, 1.165) is 18.0 Å². The molecule has 0 bridgehead atoms. The molecule has 0 aromatic heterocycles. The second-order valence-electron chi connectivity index (χ2n) is 4.76. The molecule has 1 aromatic carbocycles. The molecular weight excluding hydrogens is 212 g/mol. The van der Waals surface area contributed by atoms with Crippen molar-refractivity contribution in [3.63, 3.8) is 0 Å². The van der Waals surface area contributed by atoms with Crippen LogP contribution in [-0.2, 0) is 6.54 Å². The van der Waals surface area contributed by atoms with Gasteiger partial charge in [-0.1, -0.05) is 18.9 Å². The lowest BCUT2D eigenvalue weighted by molar-refractivity contribution is 0.277. The monoisotopic (exact) mass is 234 g/mol. The Morgan fingerprint density at radius 3 is 2.47 bits per heavy atom. The lowest BCUT2D eigenvalue weighted by Crippen LogP contribution is -2.24. The van der Waals surface area contributed by atoms with Gasteiger partial charge >= 0.3 is 0 Å². The lowest BCUT2D eigenvalue weighted by Gasteiger charge is -2.20. The second kappa shape index (κ2) is 5.92. The van der Waals surface area contributed by atoms with Gasteiger partial charge in [-0.3, -0.25) is 4.90 Å². The fraction of sp³-hybridized carbons (Fsp3) is 0.571. The number of hydrogen-bond donors (Lipinski definition) is 1. The van der Waals surface area contributed by atoms with Crippen LogP contribution in [0.25, 0.3) is 0 Å². The molecular formula is C14H22N2O. The highest BCUT2D eigenvalue weighted by atomic mass is 16.5. The third kappa shape index (κ3) is 3.37. The molecule has 3 heteroatoms. The quantitative estimate of drug-likeness (QED) is 0.817. The Kier molecular flexibility index (Phi) is 4.26. The first-order valence-electron chi connectivity index (χ1n) is 6.44. The highest BCUT2D eigenvalue weighted by Crippen LogP contribution is 2.22. The van der Waals surface area contributed by atoms with Crippen molar-refractivity contribution in [3.05, 3.63) is 23.8 Å². The van der Waals surface area contributed by atoms with E-state index in [4.69, 9.17) is 10.5 Å². The van der Waals surface area contributed by atoms with E-state index < -0.39 is 0 Å². The Morgan fingerprint density at radius 1 is 1.18 bits per heavy atom. The smallest absolute Gasteiger partial charge is 0.120 e. The lowest BCUT2D eigenvalue weighted by atomic mass is 10.1. The van der Waals surface area contributed by atoms with Crippen LogP contribution in [0, 0.1) is 0 Å². The van der Waals surface area contributed by atoms with Crippen LogP contribution in [0.4, 0.5) is 5.69 Å². The highest BCUT2D eigenvalue weighted by molar-refractivity contribution is 5.51. The van der Waals surface area contributed by atoms with Crippen molar-refractivity contribution in [2.24, 2.45) is 0 Å². The molecule has 94 valence electrons. The number of anilines is 1. The summed E-state index contributed by atoms with van der Waals surface area (Å²) in [5.74, 6) is 0.835. The first-order valence-corrected chi connectivity index (χ1v) is 6.44. The summed E-state index contributed by atoms with van der Waals surface area (Å²) in [6, 6.07) is 5.98. The molecule has 0 saturated carbocycles. The summed E-state index contributed by atoms with van der Waals surface area (Å²) in [6.07, 6.45) is 5.37. The molecule has 2 rings (SSSR count). The van der Waals surface area contributed by atoms with Crippen LogP contribution in [-0.4, -0.2) is 25.1 Å². The molecule has 2 N–H and O–H groups in total. The number of ether oxygens (including phenoxy) is 1. The maximum atomic E-state index is 6.05. The summed E-state index contributed by atoms with van der Waals surface area (Å²) < 4.78 is 5.17. The summed E-state index contributed by atoms with van der Waals surface area (Å²) in [6.45, 7) is 3.37. The van der Waals surface area contributed by atoms with E-state index in [1.807, 2.05) is 12.1 Å². The number of nitrogen functional groups attached to an aromatic ring is 1. The van der Waals surface area contributed by atoms with Crippen LogP contribution in [0.5, 0.6) is 5.75 Å². The standard InChI is InChI=1S/C14H22N2O/c1-17-13-7-6-12(14(15)10-13)11-16-8-4-2-3-5-9-16/h6-7,10H,2-5,8-9,11,15H2,1H3. The summed E-state index contributed by atoms with van der Waals surface area (Å²) in [7, 11) is 1.67. The number of nitrogens with two attached hydrogens (primary N) is 1. The highest BCUT2D eigenvalue weighted by Gasteiger charge is 2.11. The molecule has 0 spiro atoms. The van der Waals surface area contributed by atoms with E-state index in [1.54, 1.807) is 7.11 Å². The Labute approximate surface area is 104 Å². The van der Waals surface area contributed by atoms with Gasteiger partial charge in [-0.05, 0) is 37.6 Å². The minimum Gasteiger partial charge on any atom is -0.497 e. The molecule has 1 aliphatic rings.